The Bertz CT molecular complexity index is 767. The fourth-order valence-electron chi connectivity index (χ4n) is 3.93. The number of methoxy groups -OCH3 is 1. The van der Waals surface area contributed by atoms with Crippen LogP contribution in [0.5, 0.6) is 5.75 Å². The van der Waals surface area contributed by atoms with Gasteiger partial charge in [-0.15, -0.1) is 11.3 Å². The van der Waals surface area contributed by atoms with Gasteiger partial charge in [0.25, 0.3) is 5.91 Å². The fourth-order valence-corrected chi connectivity index (χ4v) is 5.78. The molecular formula is C19H23N3O2S2. The molecule has 3 aliphatic heterocycles. The Kier molecular flexibility index (Phi) is 5.20. The minimum absolute atomic E-state index is 0.0396. The number of fused-ring (bicyclic) bond motifs is 3. The van der Waals surface area contributed by atoms with E-state index < -0.39 is 0 Å². The van der Waals surface area contributed by atoms with Gasteiger partial charge in [0.2, 0.25) is 0 Å². The predicted octanol–water partition coefficient (Wildman–Crippen LogP) is 3.52. The number of ether oxygens (including phenoxy) is 1. The first-order valence-corrected chi connectivity index (χ1v) is 10.6. The van der Waals surface area contributed by atoms with Crippen LogP contribution in [0.25, 0.3) is 0 Å². The lowest BCUT2D eigenvalue weighted by Crippen LogP contribution is -2.62. The zero-order chi connectivity index (χ0) is 18.1. The number of rotatable bonds is 5. The molecule has 2 unspecified atom stereocenters. The lowest BCUT2D eigenvalue weighted by molar-refractivity contribution is 0.0217. The second-order valence-electron chi connectivity index (χ2n) is 6.88. The van der Waals surface area contributed by atoms with E-state index in [9.17, 15) is 4.79 Å². The van der Waals surface area contributed by atoms with Crippen LogP contribution in [0.15, 0.2) is 39.6 Å². The number of nitrogens with zero attached hydrogens (tertiary/aromatic N) is 2. The van der Waals surface area contributed by atoms with E-state index in [-0.39, 0.29) is 11.9 Å². The molecule has 1 aromatic carbocycles. The van der Waals surface area contributed by atoms with Crippen molar-refractivity contribution >= 4 is 29.0 Å². The molecule has 2 aromatic rings. The minimum atomic E-state index is -0.0396. The number of aromatic nitrogens is 1. The number of thiazole rings is 1. The van der Waals surface area contributed by atoms with Crippen molar-refractivity contribution in [3.8, 4) is 5.75 Å². The molecule has 0 aliphatic carbocycles. The molecule has 7 heteroatoms. The molecule has 3 aliphatic rings. The standard InChI is InChI=1S/C19H23N3O2S2/c1-12-17(13-7-9-22(12)10-8-13)21-18(23)19-20-11-16(26-19)25-15-5-3-14(24-2)4-6-15/h3-6,11-13,17H,7-10H2,1-2H3,(H,21,23). The second kappa shape index (κ2) is 7.58. The maximum atomic E-state index is 12.7. The molecule has 3 saturated heterocycles. The average Bonchev–Trinajstić information content (AvgIpc) is 3.14. The lowest BCUT2D eigenvalue weighted by atomic mass is 9.79. The van der Waals surface area contributed by atoms with Crippen molar-refractivity contribution in [2.45, 2.75) is 41.0 Å². The highest BCUT2D eigenvalue weighted by Gasteiger charge is 2.40. The molecule has 1 aromatic heterocycles. The summed E-state index contributed by atoms with van der Waals surface area (Å²) in [7, 11) is 1.66. The van der Waals surface area contributed by atoms with Crippen molar-refractivity contribution in [3.63, 3.8) is 0 Å². The molecule has 2 atom stereocenters. The molecule has 5 nitrogen and oxygen atoms in total. The van der Waals surface area contributed by atoms with Crippen LogP contribution in [0.2, 0.25) is 0 Å². The number of nitrogens with one attached hydrogen (secondary N) is 1. The number of hydrogen-bond acceptors (Lipinski definition) is 6. The number of carbonyl (C=O) groups is 1. The zero-order valence-electron chi connectivity index (χ0n) is 15.0. The van der Waals surface area contributed by atoms with Gasteiger partial charge in [-0.2, -0.15) is 0 Å². The van der Waals surface area contributed by atoms with Crippen molar-refractivity contribution in [1.82, 2.24) is 15.2 Å². The normalized spacial score (nSPS) is 27.3. The SMILES string of the molecule is COc1ccc(Sc2cnc(C(=O)NC3C4CCN(CC4)C3C)s2)cc1. The molecule has 2 bridgehead atoms. The summed E-state index contributed by atoms with van der Waals surface area (Å²) in [6, 6.07) is 8.55. The quantitative estimate of drug-likeness (QED) is 0.848. The molecule has 4 heterocycles. The highest BCUT2D eigenvalue weighted by Crippen LogP contribution is 2.34. The van der Waals surface area contributed by atoms with Crippen LogP contribution >= 0.6 is 23.1 Å². The Morgan fingerprint density at radius 2 is 2.04 bits per heavy atom. The van der Waals surface area contributed by atoms with Crippen molar-refractivity contribution in [2.24, 2.45) is 5.92 Å². The lowest BCUT2D eigenvalue weighted by Gasteiger charge is -2.49. The van der Waals surface area contributed by atoms with Gasteiger partial charge < -0.3 is 10.1 Å². The van der Waals surface area contributed by atoms with E-state index in [1.54, 1.807) is 25.1 Å². The van der Waals surface area contributed by atoms with Crippen LogP contribution in [0.4, 0.5) is 0 Å². The van der Waals surface area contributed by atoms with Crippen molar-refractivity contribution in [3.05, 3.63) is 35.5 Å². The van der Waals surface area contributed by atoms with Gasteiger partial charge in [-0.25, -0.2) is 4.98 Å². The number of benzene rings is 1. The molecule has 138 valence electrons. The zero-order valence-corrected chi connectivity index (χ0v) is 16.6. The first kappa shape index (κ1) is 17.8. The van der Waals surface area contributed by atoms with E-state index in [0.29, 0.717) is 17.0 Å². The van der Waals surface area contributed by atoms with Crippen LogP contribution in [0.1, 0.15) is 29.6 Å². The molecule has 0 spiro atoms. The summed E-state index contributed by atoms with van der Waals surface area (Å²) >= 11 is 3.07. The van der Waals surface area contributed by atoms with E-state index in [0.717, 1.165) is 27.9 Å². The molecular weight excluding hydrogens is 366 g/mol. The van der Waals surface area contributed by atoms with Crippen LogP contribution in [0, 0.1) is 5.92 Å². The van der Waals surface area contributed by atoms with Crippen molar-refractivity contribution < 1.29 is 9.53 Å². The van der Waals surface area contributed by atoms with E-state index in [1.807, 2.05) is 24.3 Å². The third kappa shape index (κ3) is 3.61. The van der Waals surface area contributed by atoms with Gasteiger partial charge in [0.1, 0.15) is 5.75 Å². The third-order valence-corrected chi connectivity index (χ3v) is 7.54. The summed E-state index contributed by atoms with van der Waals surface area (Å²) in [6.07, 6.45) is 4.16. The van der Waals surface area contributed by atoms with Crippen molar-refractivity contribution in [2.75, 3.05) is 20.2 Å². The summed E-state index contributed by atoms with van der Waals surface area (Å²) in [4.78, 5) is 20.6. The Morgan fingerprint density at radius 3 is 2.69 bits per heavy atom. The fraction of sp³-hybridized carbons (Fsp3) is 0.474. The van der Waals surface area contributed by atoms with Gasteiger partial charge in [0.15, 0.2) is 5.01 Å². The summed E-state index contributed by atoms with van der Waals surface area (Å²) in [5.74, 6) is 1.40. The van der Waals surface area contributed by atoms with Crippen LogP contribution in [-0.2, 0) is 0 Å². The molecule has 0 radical (unpaired) electrons. The first-order chi connectivity index (χ1) is 12.6. The highest BCUT2D eigenvalue weighted by molar-refractivity contribution is 8.01. The maximum Gasteiger partial charge on any atom is 0.280 e. The molecule has 1 N–H and O–H groups in total. The van der Waals surface area contributed by atoms with Gasteiger partial charge in [-0.3, -0.25) is 9.69 Å². The highest BCUT2D eigenvalue weighted by atomic mass is 32.2. The number of piperidine rings is 3. The van der Waals surface area contributed by atoms with E-state index in [2.05, 4.69) is 22.1 Å². The Hall–Kier alpha value is -1.57. The largest absolute Gasteiger partial charge is 0.497 e. The average molecular weight is 390 g/mol. The molecule has 26 heavy (non-hydrogen) atoms. The second-order valence-corrected chi connectivity index (χ2v) is 9.28. The van der Waals surface area contributed by atoms with Gasteiger partial charge in [-0.1, -0.05) is 11.8 Å². The smallest absolute Gasteiger partial charge is 0.280 e. The monoisotopic (exact) mass is 389 g/mol. The van der Waals surface area contributed by atoms with Crippen LogP contribution in [0.3, 0.4) is 0 Å². The Morgan fingerprint density at radius 1 is 1.31 bits per heavy atom. The van der Waals surface area contributed by atoms with Gasteiger partial charge in [0, 0.05) is 17.0 Å². The van der Waals surface area contributed by atoms with Crippen LogP contribution < -0.4 is 10.1 Å². The number of hydrogen-bond donors (Lipinski definition) is 1. The minimum Gasteiger partial charge on any atom is -0.497 e. The van der Waals surface area contributed by atoms with Gasteiger partial charge in [0.05, 0.1) is 17.5 Å². The Balaban J connectivity index is 1.40. The molecule has 5 rings (SSSR count). The van der Waals surface area contributed by atoms with Gasteiger partial charge >= 0.3 is 0 Å². The van der Waals surface area contributed by atoms with E-state index in [1.165, 1.54) is 24.2 Å². The summed E-state index contributed by atoms with van der Waals surface area (Å²) < 4.78 is 6.20. The van der Waals surface area contributed by atoms with Gasteiger partial charge in [-0.05, 0) is 63.0 Å². The van der Waals surface area contributed by atoms with E-state index >= 15 is 0 Å². The topological polar surface area (TPSA) is 54.5 Å². The summed E-state index contributed by atoms with van der Waals surface area (Å²) in [5.41, 5.74) is 0. The molecule has 1 amide bonds. The number of amides is 1. The molecule has 0 saturated carbocycles. The summed E-state index contributed by atoms with van der Waals surface area (Å²) in [6.45, 7) is 4.55. The Labute approximate surface area is 162 Å². The van der Waals surface area contributed by atoms with Crippen molar-refractivity contribution in [1.29, 1.82) is 0 Å². The van der Waals surface area contributed by atoms with Crippen LogP contribution in [-0.4, -0.2) is 48.1 Å². The third-order valence-electron chi connectivity index (χ3n) is 5.43. The summed E-state index contributed by atoms with van der Waals surface area (Å²) in [5, 5.41) is 3.80. The molecule has 3 fully saturated rings. The number of carbonyl (C=O) groups excluding carboxylic acids is 1. The predicted molar refractivity (Wildman–Crippen MR) is 104 cm³/mol. The first-order valence-electron chi connectivity index (χ1n) is 8.96. The van der Waals surface area contributed by atoms with E-state index in [4.69, 9.17) is 4.74 Å². The maximum absolute atomic E-state index is 12.7.